The summed E-state index contributed by atoms with van der Waals surface area (Å²) in [5.41, 5.74) is -0.0252. The van der Waals surface area contributed by atoms with Gasteiger partial charge in [0.2, 0.25) is 0 Å². The summed E-state index contributed by atoms with van der Waals surface area (Å²) >= 11 is 0. The molecule has 0 radical (unpaired) electrons. The van der Waals surface area contributed by atoms with E-state index in [1.807, 2.05) is 7.05 Å². The van der Waals surface area contributed by atoms with Crippen molar-refractivity contribution >= 4 is 0 Å². The van der Waals surface area contributed by atoms with Crippen molar-refractivity contribution in [2.75, 3.05) is 20.2 Å². The summed E-state index contributed by atoms with van der Waals surface area (Å²) in [6.45, 7) is 8.35. The fourth-order valence-electron chi connectivity index (χ4n) is 3.17. The molecular weight excluding hydrogens is 224 g/mol. The van der Waals surface area contributed by atoms with Crippen LogP contribution in [0.2, 0.25) is 0 Å². The number of unbranched alkanes of at least 4 members (excludes halogenated alkanes) is 1. The molecule has 0 aromatic rings. The predicted octanol–water partition coefficient (Wildman–Crippen LogP) is 2.39. The number of likely N-dealkylation sites (N-methyl/N-ethyl adjacent to an activating group) is 1. The number of hydrogen-bond acceptors (Lipinski definition) is 3. The normalized spacial score (nSPS) is 30.0. The Morgan fingerprint density at radius 2 is 2.17 bits per heavy atom. The molecule has 0 saturated heterocycles. The molecule has 0 spiro atoms. The second-order valence-corrected chi connectivity index (χ2v) is 5.93. The fourth-order valence-corrected chi connectivity index (χ4v) is 3.17. The van der Waals surface area contributed by atoms with Gasteiger partial charge in [0.25, 0.3) is 0 Å². The van der Waals surface area contributed by atoms with Gasteiger partial charge in [-0.3, -0.25) is 4.90 Å². The molecule has 3 atom stereocenters. The van der Waals surface area contributed by atoms with Crippen molar-refractivity contribution in [1.29, 1.82) is 0 Å². The molecule has 1 rings (SSSR count). The second-order valence-electron chi connectivity index (χ2n) is 5.93. The Morgan fingerprint density at radius 3 is 2.61 bits per heavy atom. The van der Waals surface area contributed by atoms with Crippen LogP contribution in [-0.4, -0.2) is 47.8 Å². The third-order valence-corrected chi connectivity index (χ3v) is 4.81. The van der Waals surface area contributed by atoms with Crippen molar-refractivity contribution < 1.29 is 5.11 Å². The highest BCUT2D eigenvalue weighted by atomic mass is 16.3. The van der Waals surface area contributed by atoms with Gasteiger partial charge < -0.3 is 10.4 Å². The van der Waals surface area contributed by atoms with Crippen LogP contribution in [0.5, 0.6) is 0 Å². The molecule has 0 amide bonds. The monoisotopic (exact) mass is 256 g/mol. The molecule has 0 aliphatic heterocycles. The van der Waals surface area contributed by atoms with Crippen LogP contribution in [-0.2, 0) is 0 Å². The van der Waals surface area contributed by atoms with Crippen molar-refractivity contribution in [3.05, 3.63) is 0 Å². The maximum atomic E-state index is 9.61. The van der Waals surface area contributed by atoms with Gasteiger partial charge in [-0.15, -0.1) is 0 Å². The van der Waals surface area contributed by atoms with Gasteiger partial charge in [-0.05, 0) is 52.6 Å². The molecule has 0 aromatic heterocycles. The van der Waals surface area contributed by atoms with E-state index in [1.165, 1.54) is 32.2 Å². The molecule has 0 bridgehead atoms. The molecule has 1 aliphatic rings. The molecule has 3 nitrogen and oxygen atoms in total. The Bertz CT molecular complexity index is 229. The topological polar surface area (TPSA) is 35.5 Å². The van der Waals surface area contributed by atoms with Crippen molar-refractivity contribution in [3.8, 4) is 0 Å². The van der Waals surface area contributed by atoms with E-state index in [2.05, 4.69) is 31.0 Å². The molecule has 0 aromatic carbocycles. The lowest BCUT2D eigenvalue weighted by atomic mass is 9.98. The highest BCUT2D eigenvalue weighted by Crippen LogP contribution is 2.34. The van der Waals surface area contributed by atoms with Gasteiger partial charge in [0.05, 0.1) is 6.61 Å². The van der Waals surface area contributed by atoms with Crippen LogP contribution in [0, 0.1) is 0 Å². The number of aliphatic hydroxyl groups excluding tert-OH is 1. The van der Waals surface area contributed by atoms with E-state index in [9.17, 15) is 5.11 Å². The van der Waals surface area contributed by atoms with Gasteiger partial charge in [0, 0.05) is 17.6 Å². The van der Waals surface area contributed by atoms with E-state index in [-0.39, 0.29) is 12.1 Å². The van der Waals surface area contributed by atoms with E-state index in [1.54, 1.807) is 0 Å². The Balaban J connectivity index is 2.64. The first-order chi connectivity index (χ1) is 8.62. The molecule has 0 heterocycles. The molecule has 1 fully saturated rings. The van der Waals surface area contributed by atoms with Gasteiger partial charge in [0.1, 0.15) is 0 Å². The predicted molar refractivity (Wildman–Crippen MR) is 77.9 cm³/mol. The Hall–Kier alpha value is -0.120. The van der Waals surface area contributed by atoms with E-state index >= 15 is 0 Å². The summed E-state index contributed by atoms with van der Waals surface area (Å²) in [5.74, 6) is 0. The first-order valence-electron chi connectivity index (χ1n) is 7.68. The van der Waals surface area contributed by atoms with Crippen molar-refractivity contribution in [1.82, 2.24) is 10.2 Å². The molecule has 1 aliphatic carbocycles. The zero-order chi connectivity index (χ0) is 13.6. The molecule has 1 saturated carbocycles. The summed E-state index contributed by atoms with van der Waals surface area (Å²) in [6.07, 6.45) is 7.17. The Kier molecular flexibility index (Phi) is 6.61. The van der Waals surface area contributed by atoms with E-state index < -0.39 is 0 Å². The third kappa shape index (κ3) is 3.69. The maximum Gasteiger partial charge on any atom is 0.0613 e. The van der Waals surface area contributed by atoms with E-state index in [0.29, 0.717) is 12.1 Å². The summed E-state index contributed by atoms with van der Waals surface area (Å²) in [4.78, 5) is 2.68. The summed E-state index contributed by atoms with van der Waals surface area (Å²) in [6, 6.07) is 1.30. The Labute approximate surface area is 113 Å². The molecule has 2 N–H and O–H groups in total. The minimum absolute atomic E-state index is 0.0252. The average Bonchev–Trinajstić information content (AvgIpc) is 2.84. The van der Waals surface area contributed by atoms with Crippen molar-refractivity contribution in [2.24, 2.45) is 0 Å². The van der Waals surface area contributed by atoms with Crippen LogP contribution in [0.1, 0.15) is 59.3 Å². The number of rotatable bonds is 8. The molecule has 3 heteroatoms. The van der Waals surface area contributed by atoms with Crippen molar-refractivity contribution in [2.45, 2.75) is 76.9 Å². The number of nitrogens with zero attached hydrogens (tertiary/aromatic N) is 1. The van der Waals surface area contributed by atoms with Crippen LogP contribution in [0.25, 0.3) is 0 Å². The fraction of sp³-hybridized carbons (Fsp3) is 1.00. The number of nitrogens with one attached hydrogen (secondary N) is 1. The molecule has 3 unspecified atom stereocenters. The van der Waals surface area contributed by atoms with E-state index in [4.69, 9.17) is 0 Å². The zero-order valence-corrected chi connectivity index (χ0v) is 12.7. The average molecular weight is 256 g/mol. The zero-order valence-electron chi connectivity index (χ0n) is 12.7. The van der Waals surface area contributed by atoms with Crippen LogP contribution >= 0.6 is 0 Å². The van der Waals surface area contributed by atoms with Crippen LogP contribution in [0.4, 0.5) is 0 Å². The lowest BCUT2D eigenvalue weighted by Crippen LogP contribution is -2.47. The minimum Gasteiger partial charge on any atom is -0.394 e. The summed E-state index contributed by atoms with van der Waals surface area (Å²) in [5, 5.41) is 13.0. The van der Waals surface area contributed by atoms with Gasteiger partial charge in [-0.25, -0.2) is 0 Å². The van der Waals surface area contributed by atoms with Crippen LogP contribution in [0.3, 0.4) is 0 Å². The smallest absolute Gasteiger partial charge is 0.0613 e. The second kappa shape index (κ2) is 7.46. The van der Waals surface area contributed by atoms with Crippen LogP contribution in [0.15, 0.2) is 0 Å². The number of aliphatic hydroxyl groups is 1. The highest BCUT2D eigenvalue weighted by Gasteiger charge is 2.40. The van der Waals surface area contributed by atoms with Crippen LogP contribution < -0.4 is 5.32 Å². The Morgan fingerprint density at radius 1 is 1.44 bits per heavy atom. The molecular formula is C15H32N2O. The van der Waals surface area contributed by atoms with Gasteiger partial charge in [-0.1, -0.05) is 20.3 Å². The quantitative estimate of drug-likeness (QED) is 0.700. The van der Waals surface area contributed by atoms with Gasteiger partial charge in [0.15, 0.2) is 0 Å². The standard InChI is InChI=1S/C15H32N2O/c1-5-7-10-17(13(3)6-2)14-8-9-15(11-14,12-18)16-4/h13-14,16,18H,5-12H2,1-4H3. The van der Waals surface area contributed by atoms with Crippen molar-refractivity contribution in [3.63, 3.8) is 0 Å². The van der Waals surface area contributed by atoms with Gasteiger partial charge >= 0.3 is 0 Å². The lowest BCUT2D eigenvalue weighted by molar-refractivity contribution is 0.118. The summed E-state index contributed by atoms with van der Waals surface area (Å²) in [7, 11) is 1.98. The largest absolute Gasteiger partial charge is 0.394 e. The van der Waals surface area contributed by atoms with E-state index in [0.717, 1.165) is 12.8 Å². The maximum absolute atomic E-state index is 9.61. The highest BCUT2D eigenvalue weighted by molar-refractivity contribution is 4.99. The third-order valence-electron chi connectivity index (χ3n) is 4.81. The SMILES string of the molecule is CCCCN(C(C)CC)C1CCC(CO)(NC)C1. The first kappa shape index (κ1) is 15.9. The summed E-state index contributed by atoms with van der Waals surface area (Å²) < 4.78 is 0. The first-order valence-corrected chi connectivity index (χ1v) is 7.68. The number of hydrogen-bond donors (Lipinski definition) is 2. The van der Waals surface area contributed by atoms with Gasteiger partial charge in [-0.2, -0.15) is 0 Å². The molecule has 108 valence electrons. The molecule has 18 heavy (non-hydrogen) atoms. The minimum atomic E-state index is -0.0252. The lowest BCUT2D eigenvalue weighted by Gasteiger charge is -2.35.